The Hall–Kier alpha value is -3.06. The number of methoxy groups -OCH3 is 1. The van der Waals surface area contributed by atoms with Gasteiger partial charge in [0.1, 0.15) is 11.9 Å². The molecule has 1 aliphatic rings. The van der Waals surface area contributed by atoms with E-state index in [9.17, 15) is 4.79 Å². The zero-order valence-corrected chi connectivity index (χ0v) is 15.0. The molecule has 7 heteroatoms. The first-order valence-electron chi connectivity index (χ1n) is 8.19. The molecular formula is C19H18N4O2S. The normalized spacial score (nSPS) is 14.9. The van der Waals surface area contributed by atoms with Crippen molar-refractivity contribution >= 4 is 34.3 Å². The molecule has 3 aromatic rings. The number of carbonyl (C=O) groups is 1. The summed E-state index contributed by atoms with van der Waals surface area (Å²) in [5.41, 5.74) is 6.41. The van der Waals surface area contributed by atoms with E-state index in [1.165, 1.54) is 0 Å². The minimum Gasteiger partial charge on any atom is -0.497 e. The first-order chi connectivity index (χ1) is 12.7. The van der Waals surface area contributed by atoms with Gasteiger partial charge in [-0.3, -0.25) is 4.79 Å². The van der Waals surface area contributed by atoms with Gasteiger partial charge < -0.3 is 20.7 Å². The van der Waals surface area contributed by atoms with Gasteiger partial charge in [-0.25, -0.2) is 4.98 Å². The predicted molar refractivity (Wildman–Crippen MR) is 104 cm³/mol. The lowest BCUT2D eigenvalue weighted by molar-refractivity contribution is -0.115. The Morgan fingerprint density at radius 3 is 2.73 bits per heavy atom. The largest absolute Gasteiger partial charge is 0.497 e. The van der Waals surface area contributed by atoms with Crippen molar-refractivity contribution in [2.45, 2.75) is 12.6 Å². The van der Waals surface area contributed by atoms with Crippen LogP contribution in [0.2, 0.25) is 0 Å². The summed E-state index contributed by atoms with van der Waals surface area (Å²) >= 11 is 1.56. The number of hydrogen-bond acceptors (Lipinski definition) is 6. The van der Waals surface area contributed by atoms with Crippen LogP contribution in [0.15, 0.2) is 53.4 Å². The lowest BCUT2D eigenvalue weighted by Gasteiger charge is -2.08. The van der Waals surface area contributed by atoms with Crippen LogP contribution >= 0.6 is 11.3 Å². The van der Waals surface area contributed by atoms with Crippen molar-refractivity contribution in [3.05, 3.63) is 64.6 Å². The molecule has 2 aromatic carbocycles. The quantitative estimate of drug-likeness (QED) is 0.639. The van der Waals surface area contributed by atoms with E-state index in [-0.39, 0.29) is 12.1 Å². The van der Waals surface area contributed by atoms with Gasteiger partial charge in [0.15, 0.2) is 0 Å². The second-order valence-electron chi connectivity index (χ2n) is 5.97. The van der Waals surface area contributed by atoms with Crippen LogP contribution in [0, 0.1) is 0 Å². The lowest BCUT2D eigenvalue weighted by atomic mass is 10.1. The summed E-state index contributed by atoms with van der Waals surface area (Å²) in [7, 11) is 1.62. The molecule has 0 saturated carbocycles. The fourth-order valence-electron chi connectivity index (χ4n) is 2.86. The molecule has 6 nitrogen and oxygen atoms in total. The van der Waals surface area contributed by atoms with Crippen LogP contribution in [-0.4, -0.2) is 18.0 Å². The van der Waals surface area contributed by atoms with E-state index in [1.54, 1.807) is 18.4 Å². The highest BCUT2D eigenvalue weighted by atomic mass is 32.1. The predicted octanol–water partition coefficient (Wildman–Crippen LogP) is 3.87. The molecule has 0 fully saturated rings. The summed E-state index contributed by atoms with van der Waals surface area (Å²) in [6.07, 6.45) is 0.273. The first kappa shape index (κ1) is 16.4. The second kappa shape index (κ2) is 7.05. The van der Waals surface area contributed by atoms with E-state index >= 15 is 0 Å². The van der Waals surface area contributed by atoms with Gasteiger partial charge in [-0.1, -0.05) is 12.1 Å². The summed E-state index contributed by atoms with van der Waals surface area (Å²) in [6, 6.07) is 13.3. The molecule has 132 valence electrons. The van der Waals surface area contributed by atoms with Gasteiger partial charge in [-0.2, -0.15) is 0 Å². The molecule has 1 aliphatic heterocycles. The Morgan fingerprint density at radius 1 is 1.19 bits per heavy atom. The summed E-state index contributed by atoms with van der Waals surface area (Å²) in [4.78, 5) is 16.6. The Labute approximate surface area is 155 Å². The van der Waals surface area contributed by atoms with E-state index in [4.69, 9.17) is 4.74 Å². The fraction of sp³-hybridized carbons (Fsp3) is 0.158. The Kier molecular flexibility index (Phi) is 4.45. The van der Waals surface area contributed by atoms with Gasteiger partial charge >= 0.3 is 0 Å². The van der Waals surface area contributed by atoms with Crippen molar-refractivity contribution in [1.82, 2.24) is 4.98 Å². The van der Waals surface area contributed by atoms with Crippen LogP contribution in [-0.2, 0) is 11.2 Å². The highest BCUT2D eigenvalue weighted by molar-refractivity contribution is 7.07. The van der Waals surface area contributed by atoms with Crippen LogP contribution in [0.3, 0.4) is 0 Å². The van der Waals surface area contributed by atoms with Gasteiger partial charge in [0.2, 0.25) is 5.91 Å². The molecule has 1 atom stereocenters. The lowest BCUT2D eigenvalue weighted by Crippen LogP contribution is -2.14. The summed E-state index contributed by atoms with van der Waals surface area (Å²) < 4.78 is 5.13. The smallest absolute Gasteiger partial charge is 0.228 e. The van der Waals surface area contributed by atoms with Crippen LogP contribution in [0.1, 0.15) is 17.4 Å². The van der Waals surface area contributed by atoms with E-state index in [0.717, 1.165) is 34.1 Å². The summed E-state index contributed by atoms with van der Waals surface area (Å²) in [6.45, 7) is 0. The molecule has 3 N–H and O–H groups in total. The monoisotopic (exact) mass is 366 g/mol. The number of nitrogens with zero attached hydrogens (tertiary/aromatic N) is 1. The van der Waals surface area contributed by atoms with E-state index in [0.29, 0.717) is 6.42 Å². The maximum Gasteiger partial charge on any atom is 0.228 e. The molecular weight excluding hydrogens is 348 g/mol. The minimum atomic E-state index is -0.0582. The van der Waals surface area contributed by atoms with Crippen molar-refractivity contribution in [1.29, 1.82) is 0 Å². The third-order valence-electron chi connectivity index (χ3n) is 4.17. The number of nitrogens with one attached hydrogen (secondary N) is 3. The number of anilines is 3. The number of fused-ring (bicyclic) bond motifs is 1. The number of ether oxygens (including phenoxy) is 1. The SMILES string of the molecule is COc1ccc(CC(=O)Nc2ccc3c(c2)NC(c2cscn2)N3)cc1. The molecule has 0 bridgehead atoms. The van der Waals surface area contributed by atoms with E-state index in [2.05, 4.69) is 20.9 Å². The number of amides is 1. The molecule has 0 spiro atoms. The molecule has 4 rings (SSSR count). The number of rotatable bonds is 5. The second-order valence-corrected chi connectivity index (χ2v) is 6.69. The molecule has 2 heterocycles. The summed E-state index contributed by atoms with van der Waals surface area (Å²) in [5, 5.41) is 11.7. The fourth-order valence-corrected chi connectivity index (χ4v) is 3.44. The van der Waals surface area contributed by atoms with E-state index < -0.39 is 0 Å². The van der Waals surface area contributed by atoms with Gasteiger partial charge in [0.05, 0.1) is 36.1 Å². The number of benzene rings is 2. The van der Waals surface area contributed by atoms with Crippen LogP contribution in [0.25, 0.3) is 0 Å². The van der Waals surface area contributed by atoms with Gasteiger partial charge in [0.25, 0.3) is 0 Å². The summed E-state index contributed by atoms with van der Waals surface area (Å²) in [5.74, 6) is 0.721. The van der Waals surface area contributed by atoms with Crippen molar-refractivity contribution in [2.75, 3.05) is 23.1 Å². The van der Waals surface area contributed by atoms with Gasteiger partial charge in [0, 0.05) is 11.1 Å². The van der Waals surface area contributed by atoms with Crippen LogP contribution in [0.5, 0.6) is 5.75 Å². The molecule has 1 aromatic heterocycles. The molecule has 0 radical (unpaired) electrons. The Balaban J connectivity index is 1.40. The highest BCUT2D eigenvalue weighted by Crippen LogP contribution is 2.36. The maximum atomic E-state index is 12.3. The zero-order valence-electron chi connectivity index (χ0n) is 14.2. The van der Waals surface area contributed by atoms with Crippen molar-refractivity contribution < 1.29 is 9.53 Å². The molecule has 1 unspecified atom stereocenters. The number of aromatic nitrogens is 1. The van der Waals surface area contributed by atoms with Gasteiger partial charge in [-0.15, -0.1) is 11.3 Å². The standard InChI is InChI=1S/C19H18N4O2S/c1-25-14-5-2-12(3-6-14)8-18(24)21-13-4-7-15-16(9-13)23-19(22-15)17-10-26-11-20-17/h2-7,9-11,19,22-23H,8H2,1H3,(H,21,24). The maximum absolute atomic E-state index is 12.3. The molecule has 26 heavy (non-hydrogen) atoms. The Bertz CT molecular complexity index is 910. The first-order valence-corrected chi connectivity index (χ1v) is 9.13. The number of thiazole rings is 1. The molecule has 0 aliphatic carbocycles. The molecule has 0 saturated heterocycles. The van der Waals surface area contributed by atoms with Crippen molar-refractivity contribution in [3.8, 4) is 5.75 Å². The zero-order chi connectivity index (χ0) is 17.9. The third-order valence-corrected chi connectivity index (χ3v) is 4.78. The average molecular weight is 366 g/mol. The topological polar surface area (TPSA) is 75.3 Å². The number of carbonyl (C=O) groups excluding carboxylic acids is 1. The highest BCUT2D eigenvalue weighted by Gasteiger charge is 2.22. The number of hydrogen-bond donors (Lipinski definition) is 3. The Morgan fingerprint density at radius 2 is 2.00 bits per heavy atom. The third kappa shape index (κ3) is 3.48. The average Bonchev–Trinajstić information content (AvgIpc) is 3.31. The minimum absolute atomic E-state index is 0.0403. The van der Waals surface area contributed by atoms with Crippen molar-refractivity contribution in [3.63, 3.8) is 0 Å². The van der Waals surface area contributed by atoms with Crippen LogP contribution < -0.4 is 20.7 Å². The van der Waals surface area contributed by atoms with Crippen molar-refractivity contribution in [2.24, 2.45) is 0 Å². The van der Waals surface area contributed by atoms with Gasteiger partial charge in [-0.05, 0) is 35.9 Å². The van der Waals surface area contributed by atoms with E-state index in [1.807, 2.05) is 53.4 Å². The van der Waals surface area contributed by atoms with Crippen LogP contribution in [0.4, 0.5) is 17.1 Å². The molecule has 1 amide bonds.